The highest BCUT2D eigenvalue weighted by Gasteiger charge is 2.31. The Kier molecular flexibility index (Phi) is 10.7. The van der Waals surface area contributed by atoms with Crippen molar-refractivity contribution in [2.75, 3.05) is 71.4 Å². The zero-order chi connectivity index (χ0) is 21.3. The summed E-state index contributed by atoms with van der Waals surface area (Å²) in [6, 6.07) is 1.89. The molecule has 0 bridgehead atoms. The number of rotatable bonds is 7. The van der Waals surface area contributed by atoms with E-state index in [1.54, 1.807) is 17.3 Å². The summed E-state index contributed by atoms with van der Waals surface area (Å²) in [5, 5.41) is 3.43. The molecule has 1 aromatic heterocycles. The van der Waals surface area contributed by atoms with Gasteiger partial charge in [-0.3, -0.25) is 14.7 Å². The topological polar surface area (TPSA) is 80.2 Å². The number of nitrogens with zero attached hydrogens (tertiary/aromatic N) is 7. The maximum Gasteiger partial charge on any atom is 0.239 e. The third kappa shape index (κ3) is 7.16. The molecule has 1 atom stereocenters. The standard InChI is InChI=1S/C21H36N8O.HI/c1-4-22-20(28-14-16-29(17-15-28)21-23-9-6-10-24-21)25-11-7-13-27-12-5-8-18(27)19(30)26(2)3;/h6,9-10,18H,4-5,7-8,11-17H2,1-3H3,(H,22,25);1H. The van der Waals surface area contributed by atoms with Gasteiger partial charge in [-0.25, -0.2) is 9.97 Å². The van der Waals surface area contributed by atoms with Gasteiger partial charge in [-0.1, -0.05) is 0 Å². The van der Waals surface area contributed by atoms with Crippen LogP contribution < -0.4 is 10.2 Å². The largest absolute Gasteiger partial charge is 0.357 e. The van der Waals surface area contributed by atoms with Crippen molar-refractivity contribution in [2.45, 2.75) is 32.2 Å². The Balaban J connectivity index is 0.00000341. The smallest absolute Gasteiger partial charge is 0.239 e. The Bertz CT molecular complexity index is 694. The van der Waals surface area contributed by atoms with Gasteiger partial charge < -0.3 is 20.0 Å². The number of aromatic nitrogens is 2. The monoisotopic (exact) mass is 544 g/mol. The number of nitrogens with one attached hydrogen (secondary N) is 1. The van der Waals surface area contributed by atoms with E-state index >= 15 is 0 Å². The number of likely N-dealkylation sites (tertiary alicyclic amines) is 1. The number of piperazine rings is 1. The van der Waals surface area contributed by atoms with Crippen LogP contribution in [0.2, 0.25) is 0 Å². The number of aliphatic imine (C=N–C) groups is 1. The number of hydrogen-bond donors (Lipinski definition) is 1. The van der Waals surface area contributed by atoms with E-state index in [9.17, 15) is 4.79 Å². The van der Waals surface area contributed by atoms with Gasteiger partial charge in [0.2, 0.25) is 11.9 Å². The molecule has 0 spiro atoms. The fourth-order valence-corrected chi connectivity index (χ4v) is 4.13. The van der Waals surface area contributed by atoms with Crippen LogP contribution >= 0.6 is 24.0 Å². The van der Waals surface area contributed by atoms with Crippen molar-refractivity contribution >= 4 is 41.8 Å². The zero-order valence-corrected chi connectivity index (χ0v) is 21.4. The molecule has 0 aliphatic carbocycles. The predicted octanol–water partition coefficient (Wildman–Crippen LogP) is 1.12. The fraction of sp³-hybridized carbons (Fsp3) is 0.714. The summed E-state index contributed by atoms with van der Waals surface area (Å²) in [6.45, 7) is 9.23. The van der Waals surface area contributed by atoms with E-state index in [0.717, 1.165) is 83.5 Å². The third-order valence-electron chi connectivity index (χ3n) is 5.70. The van der Waals surface area contributed by atoms with Gasteiger partial charge in [0.05, 0.1) is 6.04 Å². The summed E-state index contributed by atoms with van der Waals surface area (Å²) >= 11 is 0. The number of guanidine groups is 1. The van der Waals surface area contributed by atoms with Crippen LogP contribution in [-0.2, 0) is 4.79 Å². The molecule has 10 heteroatoms. The first-order chi connectivity index (χ1) is 14.6. The van der Waals surface area contributed by atoms with E-state index < -0.39 is 0 Å². The second-order valence-electron chi connectivity index (χ2n) is 8.04. The van der Waals surface area contributed by atoms with Crippen molar-refractivity contribution in [1.82, 2.24) is 30.0 Å². The number of halogens is 1. The van der Waals surface area contributed by atoms with E-state index in [2.05, 4.69) is 36.9 Å². The summed E-state index contributed by atoms with van der Waals surface area (Å²) in [6.07, 6.45) is 6.61. The van der Waals surface area contributed by atoms with Gasteiger partial charge in [0.1, 0.15) is 0 Å². The highest BCUT2D eigenvalue weighted by molar-refractivity contribution is 14.0. The molecule has 1 unspecified atom stereocenters. The van der Waals surface area contributed by atoms with Crippen molar-refractivity contribution in [3.05, 3.63) is 18.5 Å². The van der Waals surface area contributed by atoms with Crippen molar-refractivity contribution in [3.8, 4) is 0 Å². The molecule has 1 aromatic rings. The molecule has 1 N–H and O–H groups in total. The summed E-state index contributed by atoms with van der Waals surface area (Å²) in [5.41, 5.74) is 0. The van der Waals surface area contributed by atoms with Crippen LogP contribution in [0, 0.1) is 0 Å². The first-order valence-electron chi connectivity index (χ1n) is 11.1. The van der Waals surface area contributed by atoms with E-state index in [1.807, 2.05) is 20.2 Å². The molecule has 0 radical (unpaired) electrons. The Hall–Kier alpha value is -1.69. The van der Waals surface area contributed by atoms with Gasteiger partial charge in [-0.2, -0.15) is 0 Å². The maximum atomic E-state index is 12.3. The minimum atomic E-state index is 0. The second-order valence-corrected chi connectivity index (χ2v) is 8.04. The molecule has 3 heterocycles. The van der Waals surface area contributed by atoms with Gasteiger partial charge in [0.15, 0.2) is 5.96 Å². The maximum absolute atomic E-state index is 12.3. The highest BCUT2D eigenvalue weighted by Crippen LogP contribution is 2.19. The van der Waals surface area contributed by atoms with Crippen LogP contribution in [0.5, 0.6) is 0 Å². The lowest BCUT2D eigenvalue weighted by Gasteiger charge is -2.36. The van der Waals surface area contributed by atoms with Gasteiger partial charge in [-0.15, -0.1) is 24.0 Å². The Morgan fingerprint density at radius 2 is 1.90 bits per heavy atom. The number of carbonyl (C=O) groups is 1. The van der Waals surface area contributed by atoms with Crippen LogP contribution in [0.1, 0.15) is 26.2 Å². The quantitative estimate of drug-likeness (QED) is 0.239. The molecule has 31 heavy (non-hydrogen) atoms. The fourth-order valence-electron chi connectivity index (χ4n) is 4.13. The van der Waals surface area contributed by atoms with Crippen LogP contribution in [0.15, 0.2) is 23.5 Å². The molecule has 0 saturated carbocycles. The Morgan fingerprint density at radius 3 is 2.55 bits per heavy atom. The average Bonchev–Trinajstić information content (AvgIpc) is 3.24. The molecule has 0 aromatic carbocycles. The normalized spacial score (nSPS) is 19.8. The number of hydrogen-bond acceptors (Lipinski definition) is 6. The predicted molar refractivity (Wildman–Crippen MR) is 135 cm³/mol. The lowest BCUT2D eigenvalue weighted by molar-refractivity contribution is -0.133. The van der Waals surface area contributed by atoms with Gasteiger partial charge in [-0.05, 0) is 38.8 Å². The zero-order valence-electron chi connectivity index (χ0n) is 19.0. The van der Waals surface area contributed by atoms with Crippen LogP contribution in [0.3, 0.4) is 0 Å². The number of amides is 1. The Morgan fingerprint density at radius 1 is 1.19 bits per heavy atom. The van der Waals surface area contributed by atoms with Crippen LogP contribution in [-0.4, -0.2) is 109 Å². The summed E-state index contributed by atoms with van der Waals surface area (Å²) < 4.78 is 0. The SMILES string of the molecule is CCNC(=NCCCN1CCCC1C(=O)N(C)C)N1CCN(c2ncccn2)CC1.I. The van der Waals surface area contributed by atoms with E-state index in [1.165, 1.54) is 0 Å². The lowest BCUT2D eigenvalue weighted by atomic mass is 10.2. The molecule has 3 rings (SSSR count). The molecular weight excluding hydrogens is 507 g/mol. The van der Waals surface area contributed by atoms with E-state index in [0.29, 0.717) is 0 Å². The number of anilines is 1. The van der Waals surface area contributed by atoms with Crippen molar-refractivity contribution in [1.29, 1.82) is 0 Å². The van der Waals surface area contributed by atoms with E-state index in [4.69, 9.17) is 4.99 Å². The van der Waals surface area contributed by atoms with Crippen molar-refractivity contribution in [2.24, 2.45) is 4.99 Å². The minimum Gasteiger partial charge on any atom is -0.357 e. The first-order valence-corrected chi connectivity index (χ1v) is 11.1. The first kappa shape index (κ1) is 25.6. The van der Waals surface area contributed by atoms with Gasteiger partial charge in [0, 0.05) is 72.3 Å². The van der Waals surface area contributed by atoms with Crippen molar-refractivity contribution in [3.63, 3.8) is 0 Å². The molecule has 2 fully saturated rings. The molecular formula is C21H37IN8O. The molecule has 2 aliphatic heterocycles. The molecule has 174 valence electrons. The molecule has 9 nitrogen and oxygen atoms in total. The van der Waals surface area contributed by atoms with Crippen LogP contribution in [0.4, 0.5) is 5.95 Å². The Labute approximate surface area is 203 Å². The van der Waals surface area contributed by atoms with E-state index in [-0.39, 0.29) is 35.9 Å². The molecule has 2 aliphatic rings. The molecule has 1 amide bonds. The van der Waals surface area contributed by atoms with Crippen LogP contribution in [0.25, 0.3) is 0 Å². The average molecular weight is 544 g/mol. The number of likely N-dealkylation sites (N-methyl/N-ethyl adjacent to an activating group) is 1. The molecule has 2 saturated heterocycles. The summed E-state index contributed by atoms with van der Waals surface area (Å²) in [5.74, 6) is 2.00. The highest BCUT2D eigenvalue weighted by atomic mass is 127. The number of carbonyl (C=O) groups excluding carboxylic acids is 1. The summed E-state index contributed by atoms with van der Waals surface area (Å²) in [7, 11) is 3.69. The minimum absolute atomic E-state index is 0. The van der Waals surface area contributed by atoms with Gasteiger partial charge >= 0.3 is 0 Å². The van der Waals surface area contributed by atoms with Gasteiger partial charge in [0.25, 0.3) is 0 Å². The third-order valence-corrected chi connectivity index (χ3v) is 5.70. The lowest BCUT2D eigenvalue weighted by Crippen LogP contribution is -2.53. The second kappa shape index (κ2) is 13.0. The summed E-state index contributed by atoms with van der Waals surface area (Å²) in [4.78, 5) is 34.5. The van der Waals surface area contributed by atoms with Crippen molar-refractivity contribution < 1.29 is 4.79 Å².